The van der Waals surface area contributed by atoms with Crippen LogP contribution in [0.2, 0.25) is 0 Å². The molecule has 1 saturated carbocycles. The van der Waals surface area contributed by atoms with E-state index in [0.29, 0.717) is 5.57 Å². The molecule has 126 valence electrons. The highest BCUT2D eigenvalue weighted by molar-refractivity contribution is 5.96. The van der Waals surface area contributed by atoms with Crippen LogP contribution in [0.3, 0.4) is 0 Å². The summed E-state index contributed by atoms with van der Waals surface area (Å²) in [5.41, 5.74) is -0.0569. The largest absolute Gasteiger partial charge is 0.512 e. The normalized spacial score (nSPS) is 37.4. The molecule has 0 amide bonds. The standard InChI is InChI=1S/C18H24O5/c1-10-11(2)18(23-15(10)20,13-7-5-6-8-13)17(4)9-22-16(21)14(17)12(3)19/h13,19H,5-9H2,1-4H3/b14-12+/t17-,18?/m1/s1. The third-order valence-corrected chi connectivity index (χ3v) is 6.04. The van der Waals surface area contributed by atoms with Crippen molar-refractivity contribution in [2.24, 2.45) is 11.3 Å². The topological polar surface area (TPSA) is 72.8 Å². The molecular formula is C18H24O5. The van der Waals surface area contributed by atoms with Crippen LogP contribution in [-0.2, 0) is 19.1 Å². The summed E-state index contributed by atoms with van der Waals surface area (Å²) in [6, 6.07) is 0. The van der Waals surface area contributed by atoms with Gasteiger partial charge in [0.15, 0.2) is 0 Å². The number of esters is 2. The van der Waals surface area contributed by atoms with Gasteiger partial charge in [-0.3, -0.25) is 0 Å². The van der Waals surface area contributed by atoms with Crippen molar-refractivity contribution in [3.05, 3.63) is 22.5 Å². The number of hydrogen-bond acceptors (Lipinski definition) is 5. The molecule has 3 aliphatic rings. The van der Waals surface area contributed by atoms with Crippen LogP contribution < -0.4 is 0 Å². The Morgan fingerprint density at radius 3 is 2.26 bits per heavy atom. The number of aliphatic hydroxyl groups excluding tert-OH is 1. The monoisotopic (exact) mass is 320 g/mol. The molecule has 2 atom stereocenters. The lowest BCUT2D eigenvalue weighted by Crippen LogP contribution is -2.54. The van der Waals surface area contributed by atoms with Crippen molar-refractivity contribution in [2.45, 2.75) is 59.0 Å². The maximum Gasteiger partial charge on any atom is 0.338 e. The lowest BCUT2D eigenvalue weighted by molar-refractivity contribution is -0.164. The zero-order chi connectivity index (χ0) is 17.0. The van der Waals surface area contributed by atoms with Gasteiger partial charge >= 0.3 is 11.9 Å². The van der Waals surface area contributed by atoms with Crippen molar-refractivity contribution in [1.82, 2.24) is 0 Å². The Morgan fingerprint density at radius 1 is 1.17 bits per heavy atom. The van der Waals surface area contributed by atoms with Gasteiger partial charge in [-0.25, -0.2) is 9.59 Å². The quantitative estimate of drug-likeness (QED) is 0.480. The molecule has 0 radical (unpaired) electrons. The van der Waals surface area contributed by atoms with Gasteiger partial charge in [0.05, 0.1) is 11.0 Å². The van der Waals surface area contributed by atoms with Gasteiger partial charge in [0.1, 0.15) is 18.0 Å². The summed E-state index contributed by atoms with van der Waals surface area (Å²) in [6.07, 6.45) is 4.05. The summed E-state index contributed by atoms with van der Waals surface area (Å²) in [6.45, 7) is 7.17. The maximum absolute atomic E-state index is 12.3. The van der Waals surface area contributed by atoms with Gasteiger partial charge in [-0.05, 0) is 46.1 Å². The SMILES string of the molecule is CC1=C(C)C(C2CCCC2)([C@]2(C)COC(=O)/C2=C(/C)O)OC1=O. The third-order valence-electron chi connectivity index (χ3n) is 6.04. The molecule has 2 aliphatic heterocycles. The summed E-state index contributed by atoms with van der Waals surface area (Å²) in [4.78, 5) is 24.5. The van der Waals surface area contributed by atoms with Crippen LogP contribution in [-0.4, -0.2) is 29.3 Å². The molecule has 23 heavy (non-hydrogen) atoms. The second-order valence-electron chi connectivity index (χ2n) is 7.23. The smallest absolute Gasteiger partial charge is 0.338 e. The van der Waals surface area contributed by atoms with E-state index in [1.807, 2.05) is 13.8 Å². The molecule has 0 bridgehead atoms. The molecule has 2 fully saturated rings. The van der Waals surface area contributed by atoms with E-state index in [-0.39, 0.29) is 29.8 Å². The Kier molecular flexibility index (Phi) is 3.58. The number of cyclic esters (lactones) is 2. The number of carbonyl (C=O) groups is 2. The Hall–Kier alpha value is -1.78. The van der Waals surface area contributed by atoms with Crippen LogP contribution in [0.5, 0.6) is 0 Å². The van der Waals surface area contributed by atoms with Crippen molar-refractivity contribution in [3.8, 4) is 0 Å². The van der Waals surface area contributed by atoms with Gasteiger partial charge in [0.2, 0.25) is 0 Å². The number of hydrogen-bond donors (Lipinski definition) is 1. The predicted molar refractivity (Wildman–Crippen MR) is 83.5 cm³/mol. The van der Waals surface area contributed by atoms with E-state index in [4.69, 9.17) is 9.47 Å². The van der Waals surface area contributed by atoms with Crippen LogP contribution in [0, 0.1) is 11.3 Å². The molecule has 5 heteroatoms. The molecule has 2 heterocycles. The predicted octanol–water partition coefficient (Wildman–Crippen LogP) is 3.20. The van der Waals surface area contributed by atoms with E-state index in [9.17, 15) is 14.7 Å². The Bertz CT molecular complexity index is 634. The average molecular weight is 320 g/mol. The zero-order valence-electron chi connectivity index (χ0n) is 14.2. The van der Waals surface area contributed by atoms with Crippen LogP contribution >= 0.6 is 0 Å². The summed E-state index contributed by atoms with van der Waals surface area (Å²) in [7, 11) is 0. The van der Waals surface area contributed by atoms with Crippen molar-refractivity contribution in [3.63, 3.8) is 0 Å². The molecule has 1 N–H and O–H groups in total. The Morgan fingerprint density at radius 2 is 1.78 bits per heavy atom. The van der Waals surface area contributed by atoms with Gasteiger partial charge in [-0.15, -0.1) is 0 Å². The molecule has 1 aliphatic carbocycles. The van der Waals surface area contributed by atoms with E-state index in [2.05, 4.69) is 0 Å². The fourth-order valence-corrected chi connectivity index (χ4v) is 4.85. The van der Waals surface area contributed by atoms with Crippen LogP contribution in [0.1, 0.15) is 53.4 Å². The molecule has 0 aromatic carbocycles. The van der Waals surface area contributed by atoms with Crippen LogP contribution in [0.4, 0.5) is 0 Å². The number of ether oxygens (including phenoxy) is 2. The molecule has 0 spiro atoms. The third kappa shape index (κ3) is 1.91. The van der Waals surface area contributed by atoms with E-state index >= 15 is 0 Å². The van der Waals surface area contributed by atoms with E-state index in [1.54, 1.807) is 6.92 Å². The molecule has 1 saturated heterocycles. The number of rotatable bonds is 2. The van der Waals surface area contributed by atoms with E-state index in [0.717, 1.165) is 31.3 Å². The summed E-state index contributed by atoms with van der Waals surface area (Å²) in [5.74, 6) is -0.762. The van der Waals surface area contributed by atoms with Crippen molar-refractivity contribution < 1.29 is 24.2 Å². The second kappa shape index (κ2) is 5.11. The molecular weight excluding hydrogens is 296 g/mol. The molecule has 0 aromatic heterocycles. The average Bonchev–Trinajstić information content (AvgIpc) is 3.16. The number of carbonyl (C=O) groups excluding carboxylic acids is 2. The lowest BCUT2D eigenvalue weighted by atomic mass is 9.60. The molecule has 5 nitrogen and oxygen atoms in total. The molecule has 3 rings (SSSR count). The first-order chi connectivity index (χ1) is 10.8. The second-order valence-corrected chi connectivity index (χ2v) is 7.23. The Balaban J connectivity index is 2.24. The Labute approximate surface area is 136 Å². The zero-order valence-corrected chi connectivity index (χ0v) is 14.2. The highest BCUT2D eigenvalue weighted by Gasteiger charge is 2.66. The maximum atomic E-state index is 12.3. The highest BCUT2D eigenvalue weighted by atomic mass is 16.6. The van der Waals surface area contributed by atoms with Gasteiger partial charge in [0.25, 0.3) is 0 Å². The van der Waals surface area contributed by atoms with Gasteiger partial charge in [0, 0.05) is 11.5 Å². The van der Waals surface area contributed by atoms with Crippen LogP contribution in [0.25, 0.3) is 0 Å². The highest BCUT2D eigenvalue weighted by Crippen LogP contribution is 2.59. The minimum absolute atomic E-state index is 0.0548. The van der Waals surface area contributed by atoms with Crippen LogP contribution in [0.15, 0.2) is 22.5 Å². The summed E-state index contributed by atoms with van der Waals surface area (Å²) < 4.78 is 11.3. The van der Waals surface area contributed by atoms with Gasteiger partial charge in [-0.2, -0.15) is 0 Å². The van der Waals surface area contributed by atoms with Gasteiger partial charge < -0.3 is 14.6 Å². The van der Waals surface area contributed by atoms with E-state index < -0.39 is 17.0 Å². The minimum Gasteiger partial charge on any atom is -0.512 e. The fraction of sp³-hybridized carbons (Fsp3) is 0.667. The van der Waals surface area contributed by atoms with Crippen molar-refractivity contribution in [1.29, 1.82) is 0 Å². The molecule has 0 aromatic rings. The summed E-state index contributed by atoms with van der Waals surface area (Å²) in [5, 5.41) is 10.1. The van der Waals surface area contributed by atoms with E-state index in [1.165, 1.54) is 6.92 Å². The first-order valence-electron chi connectivity index (χ1n) is 8.24. The minimum atomic E-state index is -0.907. The summed E-state index contributed by atoms with van der Waals surface area (Å²) >= 11 is 0. The first kappa shape index (κ1) is 16.1. The number of allylic oxidation sites excluding steroid dienone is 1. The van der Waals surface area contributed by atoms with Crippen molar-refractivity contribution in [2.75, 3.05) is 6.61 Å². The van der Waals surface area contributed by atoms with Crippen molar-refractivity contribution >= 4 is 11.9 Å². The molecule has 1 unspecified atom stereocenters. The van der Waals surface area contributed by atoms with Gasteiger partial charge in [-0.1, -0.05) is 12.8 Å². The lowest BCUT2D eigenvalue weighted by Gasteiger charge is -2.46. The number of aliphatic hydroxyl groups is 1. The fourth-order valence-electron chi connectivity index (χ4n) is 4.85. The first-order valence-corrected chi connectivity index (χ1v) is 8.24.